The van der Waals surface area contributed by atoms with Crippen molar-refractivity contribution >= 4 is 62.4 Å². The predicted molar refractivity (Wildman–Crippen MR) is 255 cm³/mol. The van der Waals surface area contributed by atoms with Gasteiger partial charge in [-0.1, -0.05) is 153 Å². The van der Waals surface area contributed by atoms with Gasteiger partial charge in [-0.25, -0.2) is 0 Å². The Kier molecular flexibility index (Phi) is 7.53. The lowest BCUT2D eigenvalue weighted by Gasteiger charge is -2.33. The predicted octanol–water partition coefficient (Wildman–Crippen LogP) is 15.4. The van der Waals surface area contributed by atoms with Crippen LogP contribution in [0, 0.1) is 0 Å². The number of thiol groups is 1. The van der Waals surface area contributed by atoms with Gasteiger partial charge in [0.2, 0.25) is 0 Å². The second-order valence-corrected chi connectivity index (χ2v) is 16.8. The molecule has 60 heavy (non-hydrogen) atoms. The van der Waals surface area contributed by atoms with Crippen molar-refractivity contribution in [3.05, 3.63) is 221 Å². The normalized spacial score (nSPS) is 15.9. The molecule has 0 amide bonds. The van der Waals surface area contributed by atoms with Gasteiger partial charge in [-0.2, -0.15) is 12.6 Å². The van der Waals surface area contributed by atoms with E-state index in [1.165, 1.54) is 77.5 Å². The summed E-state index contributed by atoms with van der Waals surface area (Å²) in [4.78, 5) is 2.47. The van der Waals surface area contributed by atoms with E-state index in [-0.39, 0.29) is 5.41 Å². The SMILES string of the molecule is CC1(C)c2ccccc2-c2ccc(N(c3ccc4c(c3)C3(c5ccccc5-4)c4ccccc4-c4ccc5ccccc5c43)c3ccc4oc5ccccc5c4c3)cc21.CS. The van der Waals surface area contributed by atoms with Crippen molar-refractivity contribution in [3.63, 3.8) is 0 Å². The fourth-order valence-corrected chi connectivity index (χ4v) is 11.2. The Hall–Kier alpha value is -6.81. The van der Waals surface area contributed by atoms with Gasteiger partial charge in [0, 0.05) is 33.2 Å². The van der Waals surface area contributed by atoms with E-state index in [4.69, 9.17) is 4.42 Å². The first-order valence-corrected chi connectivity index (χ1v) is 21.7. The molecular formula is C57H41NOS. The van der Waals surface area contributed by atoms with Gasteiger partial charge in [-0.15, -0.1) is 0 Å². The Labute approximate surface area is 355 Å². The maximum absolute atomic E-state index is 6.37. The van der Waals surface area contributed by atoms with Crippen molar-refractivity contribution in [2.75, 3.05) is 11.2 Å². The van der Waals surface area contributed by atoms with Crippen LogP contribution in [-0.2, 0) is 10.8 Å². The standard InChI is InChI=1S/C56H37NO.CH4S/c1-55(2)47-19-9-5-15-39(47)42-28-24-36(32-50(42)55)57(35-26-30-53-46(31-35)44-18-8-12-22-52(44)58-53)37-25-29-43-40-16-6-10-20-48(40)56(51(43)33-37)49-21-11-7-17-41(49)45-27-23-34-13-3-4-14-38(34)54(45)56;1-2/h3-33H,1-2H3;2H,1H3. The Morgan fingerprint density at radius 3 is 1.60 bits per heavy atom. The molecule has 0 bridgehead atoms. The van der Waals surface area contributed by atoms with Gasteiger partial charge in [0.15, 0.2) is 0 Å². The summed E-state index contributed by atoms with van der Waals surface area (Å²) in [6.07, 6.45) is 1.69. The number of rotatable bonds is 3. The number of anilines is 3. The summed E-state index contributed by atoms with van der Waals surface area (Å²) in [7, 11) is 0. The van der Waals surface area contributed by atoms with Gasteiger partial charge in [0.1, 0.15) is 11.2 Å². The lowest BCUT2D eigenvalue weighted by atomic mass is 9.69. The average Bonchev–Trinajstić information content (AvgIpc) is 3.99. The lowest BCUT2D eigenvalue weighted by molar-refractivity contribution is 0.660. The van der Waals surface area contributed by atoms with E-state index in [9.17, 15) is 0 Å². The quantitative estimate of drug-likeness (QED) is 0.180. The van der Waals surface area contributed by atoms with Crippen molar-refractivity contribution in [2.24, 2.45) is 0 Å². The number of furan rings is 1. The molecule has 13 rings (SSSR count). The molecule has 0 radical (unpaired) electrons. The van der Waals surface area contributed by atoms with Crippen molar-refractivity contribution in [3.8, 4) is 33.4 Å². The summed E-state index contributed by atoms with van der Waals surface area (Å²) in [6.45, 7) is 4.73. The van der Waals surface area contributed by atoms with Crippen LogP contribution in [0.4, 0.5) is 17.1 Å². The fraction of sp³-hybridized carbons (Fsp3) is 0.0877. The Morgan fingerprint density at radius 2 is 0.867 bits per heavy atom. The molecule has 1 spiro atoms. The van der Waals surface area contributed by atoms with E-state index in [0.717, 1.165) is 39.0 Å². The summed E-state index contributed by atoms with van der Waals surface area (Å²) >= 11 is 3.53. The maximum atomic E-state index is 6.37. The number of benzene rings is 9. The molecule has 2 nitrogen and oxygen atoms in total. The minimum absolute atomic E-state index is 0.139. The van der Waals surface area contributed by atoms with Crippen LogP contribution in [0.2, 0.25) is 0 Å². The monoisotopic (exact) mass is 787 g/mol. The highest BCUT2D eigenvalue weighted by Gasteiger charge is 2.52. The Balaban J connectivity index is 0.00000191. The highest BCUT2D eigenvalue weighted by atomic mass is 32.1. The molecule has 0 fully saturated rings. The van der Waals surface area contributed by atoms with Gasteiger partial charge in [0.25, 0.3) is 0 Å². The largest absolute Gasteiger partial charge is 0.456 e. The molecule has 3 aliphatic rings. The van der Waals surface area contributed by atoms with Crippen LogP contribution in [0.15, 0.2) is 192 Å². The minimum Gasteiger partial charge on any atom is -0.456 e. The Bertz CT molecular complexity index is 3400. The van der Waals surface area contributed by atoms with Crippen molar-refractivity contribution in [1.29, 1.82) is 0 Å². The van der Waals surface area contributed by atoms with Gasteiger partial charge < -0.3 is 9.32 Å². The first kappa shape index (κ1) is 35.2. The highest BCUT2D eigenvalue weighted by Crippen LogP contribution is 2.64. The first-order valence-electron chi connectivity index (χ1n) is 20.8. The molecule has 1 atom stereocenters. The zero-order chi connectivity index (χ0) is 40.3. The van der Waals surface area contributed by atoms with Crippen LogP contribution < -0.4 is 4.90 Å². The van der Waals surface area contributed by atoms with E-state index in [1.807, 2.05) is 6.07 Å². The lowest BCUT2D eigenvalue weighted by Crippen LogP contribution is -2.26. The molecule has 286 valence electrons. The van der Waals surface area contributed by atoms with Gasteiger partial charge in [-0.3, -0.25) is 0 Å². The second kappa shape index (κ2) is 12.8. The van der Waals surface area contributed by atoms with Crippen LogP contribution in [-0.4, -0.2) is 6.26 Å². The first-order chi connectivity index (χ1) is 29.5. The molecular weight excluding hydrogens is 747 g/mol. The van der Waals surface area contributed by atoms with Gasteiger partial charge in [-0.05, 0) is 132 Å². The Morgan fingerprint density at radius 1 is 0.383 bits per heavy atom. The van der Waals surface area contributed by atoms with E-state index >= 15 is 0 Å². The molecule has 3 heteroatoms. The third-order valence-electron chi connectivity index (χ3n) is 13.7. The van der Waals surface area contributed by atoms with Crippen molar-refractivity contribution < 1.29 is 4.42 Å². The summed E-state index contributed by atoms with van der Waals surface area (Å²) in [5.41, 5.74) is 20.5. The highest BCUT2D eigenvalue weighted by molar-refractivity contribution is 7.79. The molecule has 3 aliphatic carbocycles. The van der Waals surface area contributed by atoms with E-state index < -0.39 is 5.41 Å². The summed E-state index contributed by atoms with van der Waals surface area (Å²) in [5.74, 6) is 0. The number of hydrogen-bond donors (Lipinski definition) is 1. The minimum atomic E-state index is -0.493. The van der Waals surface area contributed by atoms with Crippen molar-refractivity contribution in [1.82, 2.24) is 0 Å². The van der Waals surface area contributed by atoms with Crippen LogP contribution in [0.25, 0.3) is 66.1 Å². The summed E-state index contributed by atoms with van der Waals surface area (Å²) in [6, 6.07) is 70.1. The number of hydrogen-bond acceptors (Lipinski definition) is 3. The molecule has 1 aromatic heterocycles. The molecule has 0 saturated carbocycles. The number of para-hydroxylation sites is 1. The molecule has 0 aliphatic heterocycles. The smallest absolute Gasteiger partial charge is 0.135 e. The zero-order valence-electron chi connectivity index (χ0n) is 33.7. The van der Waals surface area contributed by atoms with Crippen LogP contribution >= 0.6 is 12.6 Å². The molecule has 1 heterocycles. The van der Waals surface area contributed by atoms with Crippen molar-refractivity contribution in [2.45, 2.75) is 24.7 Å². The molecule has 1 unspecified atom stereocenters. The van der Waals surface area contributed by atoms with E-state index in [2.05, 4.69) is 213 Å². The zero-order valence-corrected chi connectivity index (χ0v) is 34.6. The van der Waals surface area contributed by atoms with Crippen LogP contribution in [0.3, 0.4) is 0 Å². The second-order valence-electron chi connectivity index (χ2n) is 16.8. The average molecular weight is 788 g/mol. The topological polar surface area (TPSA) is 16.4 Å². The molecule has 10 aromatic rings. The molecule has 9 aromatic carbocycles. The third kappa shape index (κ3) is 4.56. The fourth-order valence-electron chi connectivity index (χ4n) is 11.2. The molecule has 0 saturated heterocycles. The molecule has 0 N–H and O–H groups in total. The number of fused-ring (bicyclic) bond motifs is 18. The third-order valence-corrected chi connectivity index (χ3v) is 13.7. The number of nitrogens with zero attached hydrogens (tertiary/aromatic N) is 1. The van der Waals surface area contributed by atoms with E-state index in [0.29, 0.717) is 0 Å². The van der Waals surface area contributed by atoms with Gasteiger partial charge >= 0.3 is 0 Å². The van der Waals surface area contributed by atoms with Crippen LogP contribution in [0.5, 0.6) is 0 Å². The van der Waals surface area contributed by atoms with E-state index in [1.54, 1.807) is 6.26 Å². The van der Waals surface area contributed by atoms with Gasteiger partial charge in [0.05, 0.1) is 5.41 Å². The summed E-state index contributed by atoms with van der Waals surface area (Å²) < 4.78 is 6.37. The maximum Gasteiger partial charge on any atom is 0.135 e. The summed E-state index contributed by atoms with van der Waals surface area (Å²) in [5, 5.41) is 4.81. The van der Waals surface area contributed by atoms with Crippen LogP contribution in [0.1, 0.15) is 47.2 Å².